The first-order chi connectivity index (χ1) is 32.2. The molecule has 1 heteroatoms. The zero-order valence-corrected chi connectivity index (χ0v) is 35.8. The van der Waals surface area contributed by atoms with E-state index >= 15 is 0 Å². The van der Waals surface area contributed by atoms with Crippen LogP contribution in [0.25, 0.3) is 98.7 Å². The lowest BCUT2D eigenvalue weighted by Crippen LogP contribution is -2.09. The molecule has 1 nitrogen and oxygen atoms in total. The fourth-order valence-electron chi connectivity index (χ4n) is 9.86. The molecule has 12 aromatic rings. The summed E-state index contributed by atoms with van der Waals surface area (Å²) in [6.45, 7) is 0. The summed E-state index contributed by atoms with van der Waals surface area (Å²) < 4.78 is 0. The average molecular weight is 826 g/mol. The number of fused-ring (bicyclic) bond motifs is 6. The van der Waals surface area contributed by atoms with E-state index < -0.39 is 0 Å². The molecule has 0 aliphatic rings. The molecule has 0 saturated carbocycles. The summed E-state index contributed by atoms with van der Waals surface area (Å²) in [4.78, 5) is 2.37. The van der Waals surface area contributed by atoms with Gasteiger partial charge in [-0.3, -0.25) is 0 Å². The standard InChI is InChI=1S/C64H43N/c1-2-14-44(15-3-1)45-26-28-46(29-27-45)47-30-36-52(37-31-47)65(54-40-34-49(35-41-54)63-42-50-16-4-6-19-56(50)58-21-10-12-24-61(58)63)53-38-32-48(33-39-53)55-18-8-9-23-60(55)64-43-51-17-5-7-20-57(51)59-22-11-13-25-62(59)64/h1-43H. The highest BCUT2D eigenvalue weighted by atomic mass is 15.1. The van der Waals surface area contributed by atoms with E-state index in [1.165, 1.54) is 98.7 Å². The van der Waals surface area contributed by atoms with E-state index in [2.05, 4.69) is 266 Å². The molecule has 0 atom stereocenters. The van der Waals surface area contributed by atoms with Crippen molar-refractivity contribution in [1.29, 1.82) is 0 Å². The zero-order chi connectivity index (χ0) is 43.1. The van der Waals surface area contributed by atoms with E-state index in [-0.39, 0.29) is 0 Å². The number of hydrogen-bond acceptors (Lipinski definition) is 1. The lowest BCUT2D eigenvalue weighted by molar-refractivity contribution is 1.28. The number of nitrogens with zero attached hydrogens (tertiary/aromatic N) is 1. The molecule has 0 aliphatic heterocycles. The normalized spacial score (nSPS) is 11.4. The monoisotopic (exact) mass is 825 g/mol. The van der Waals surface area contributed by atoms with Gasteiger partial charge in [-0.1, -0.05) is 212 Å². The summed E-state index contributed by atoms with van der Waals surface area (Å²) in [5, 5.41) is 10.1. The largest absolute Gasteiger partial charge is 0.311 e. The molecule has 0 fully saturated rings. The minimum Gasteiger partial charge on any atom is -0.311 e. The Bertz CT molecular complexity index is 3660. The predicted molar refractivity (Wildman–Crippen MR) is 278 cm³/mol. The van der Waals surface area contributed by atoms with Gasteiger partial charge in [-0.05, 0) is 147 Å². The Balaban J connectivity index is 0.938. The van der Waals surface area contributed by atoms with Gasteiger partial charge in [-0.2, -0.15) is 0 Å². The molecule has 0 aromatic heterocycles. The average Bonchev–Trinajstić information content (AvgIpc) is 3.39. The second-order valence-electron chi connectivity index (χ2n) is 16.8. The van der Waals surface area contributed by atoms with Crippen LogP contribution in [-0.2, 0) is 0 Å². The van der Waals surface area contributed by atoms with Gasteiger partial charge in [0.1, 0.15) is 0 Å². The van der Waals surface area contributed by atoms with Crippen molar-refractivity contribution in [3.63, 3.8) is 0 Å². The van der Waals surface area contributed by atoms with Crippen molar-refractivity contribution in [3.05, 3.63) is 261 Å². The molecule has 0 N–H and O–H groups in total. The van der Waals surface area contributed by atoms with Crippen LogP contribution in [0.1, 0.15) is 0 Å². The number of benzene rings is 12. The van der Waals surface area contributed by atoms with Gasteiger partial charge in [0.2, 0.25) is 0 Å². The van der Waals surface area contributed by atoms with Crippen LogP contribution in [0, 0.1) is 0 Å². The third-order valence-corrected chi connectivity index (χ3v) is 13.1. The molecule has 65 heavy (non-hydrogen) atoms. The Hall–Kier alpha value is -8.52. The van der Waals surface area contributed by atoms with E-state index in [0.717, 1.165) is 17.1 Å². The van der Waals surface area contributed by atoms with Gasteiger partial charge in [0.05, 0.1) is 0 Å². The van der Waals surface area contributed by atoms with Crippen molar-refractivity contribution in [1.82, 2.24) is 0 Å². The molecule has 0 heterocycles. The molecule has 12 aromatic carbocycles. The van der Waals surface area contributed by atoms with Crippen LogP contribution in [0.5, 0.6) is 0 Å². The van der Waals surface area contributed by atoms with E-state index in [4.69, 9.17) is 0 Å². The lowest BCUT2D eigenvalue weighted by atomic mass is 9.89. The maximum atomic E-state index is 2.37. The lowest BCUT2D eigenvalue weighted by Gasteiger charge is -2.26. The smallest absolute Gasteiger partial charge is 0.0462 e. The van der Waals surface area contributed by atoms with Crippen LogP contribution in [0.4, 0.5) is 17.1 Å². The topological polar surface area (TPSA) is 3.24 Å². The Morgan fingerprint density at radius 3 is 1.02 bits per heavy atom. The Morgan fingerprint density at radius 1 is 0.185 bits per heavy atom. The van der Waals surface area contributed by atoms with E-state index in [1.54, 1.807) is 0 Å². The van der Waals surface area contributed by atoms with Crippen LogP contribution >= 0.6 is 0 Å². The van der Waals surface area contributed by atoms with Crippen LogP contribution in [0.3, 0.4) is 0 Å². The highest BCUT2D eigenvalue weighted by molar-refractivity contribution is 6.15. The maximum absolute atomic E-state index is 2.37. The summed E-state index contributed by atoms with van der Waals surface area (Å²) in [6.07, 6.45) is 0. The van der Waals surface area contributed by atoms with Gasteiger partial charge >= 0.3 is 0 Å². The fraction of sp³-hybridized carbons (Fsp3) is 0. The first-order valence-electron chi connectivity index (χ1n) is 22.4. The van der Waals surface area contributed by atoms with Gasteiger partial charge in [0.25, 0.3) is 0 Å². The highest BCUT2D eigenvalue weighted by Gasteiger charge is 2.17. The van der Waals surface area contributed by atoms with Crippen LogP contribution in [0.2, 0.25) is 0 Å². The van der Waals surface area contributed by atoms with Crippen molar-refractivity contribution in [2.45, 2.75) is 0 Å². The fourth-order valence-corrected chi connectivity index (χ4v) is 9.86. The third kappa shape index (κ3) is 7.01. The summed E-state index contributed by atoms with van der Waals surface area (Å²) in [5.74, 6) is 0. The molecule has 0 bridgehead atoms. The van der Waals surface area contributed by atoms with Gasteiger partial charge in [-0.15, -0.1) is 0 Å². The molecular weight excluding hydrogens is 783 g/mol. The molecule has 0 amide bonds. The first kappa shape index (κ1) is 38.2. The number of hydrogen-bond donors (Lipinski definition) is 0. The molecule has 0 spiro atoms. The molecule has 0 unspecified atom stereocenters. The van der Waals surface area contributed by atoms with Crippen molar-refractivity contribution in [2.24, 2.45) is 0 Å². The van der Waals surface area contributed by atoms with E-state index in [9.17, 15) is 0 Å². The summed E-state index contributed by atoms with van der Waals surface area (Å²) in [7, 11) is 0. The van der Waals surface area contributed by atoms with E-state index in [1.807, 2.05) is 0 Å². The van der Waals surface area contributed by atoms with Crippen molar-refractivity contribution >= 4 is 60.2 Å². The molecule has 0 radical (unpaired) electrons. The minimum atomic E-state index is 1.09. The Labute approximate surface area is 379 Å². The molecule has 0 aliphatic carbocycles. The Kier molecular flexibility index (Phi) is 9.58. The summed E-state index contributed by atoms with van der Waals surface area (Å²) in [5.41, 5.74) is 15.4. The molecule has 12 rings (SSSR count). The van der Waals surface area contributed by atoms with Crippen molar-refractivity contribution in [2.75, 3.05) is 4.90 Å². The van der Waals surface area contributed by atoms with E-state index in [0.29, 0.717) is 0 Å². The van der Waals surface area contributed by atoms with Crippen LogP contribution in [-0.4, -0.2) is 0 Å². The van der Waals surface area contributed by atoms with Gasteiger partial charge in [-0.25, -0.2) is 0 Å². The summed E-state index contributed by atoms with van der Waals surface area (Å²) >= 11 is 0. The van der Waals surface area contributed by atoms with Crippen molar-refractivity contribution < 1.29 is 0 Å². The summed E-state index contributed by atoms with van der Waals surface area (Å²) in [6, 6.07) is 95.1. The molecule has 304 valence electrons. The SMILES string of the molecule is c1ccc(-c2ccc(-c3ccc(N(c4ccc(-c5ccccc5-c5cc6ccccc6c6ccccc56)cc4)c4ccc(-c5cc6ccccc6c6ccccc56)cc4)cc3)cc2)cc1. The third-order valence-electron chi connectivity index (χ3n) is 13.1. The quantitative estimate of drug-likeness (QED) is 0.138. The minimum absolute atomic E-state index is 1.09. The highest BCUT2D eigenvalue weighted by Crippen LogP contribution is 2.43. The van der Waals surface area contributed by atoms with Crippen LogP contribution < -0.4 is 4.90 Å². The zero-order valence-electron chi connectivity index (χ0n) is 35.8. The Morgan fingerprint density at radius 2 is 0.508 bits per heavy atom. The second kappa shape index (κ2) is 16.3. The van der Waals surface area contributed by atoms with Gasteiger partial charge in [0.15, 0.2) is 0 Å². The second-order valence-corrected chi connectivity index (χ2v) is 16.8. The first-order valence-corrected chi connectivity index (χ1v) is 22.4. The van der Waals surface area contributed by atoms with Gasteiger partial charge in [0, 0.05) is 17.1 Å². The number of rotatable bonds is 8. The molecular formula is C64H43N. The van der Waals surface area contributed by atoms with Crippen LogP contribution in [0.15, 0.2) is 261 Å². The molecule has 0 saturated heterocycles. The predicted octanol–water partition coefficient (Wildman–Crippen LogP) is 18.1. The van der Waals surface area contributed by atoms with Gasteiger partial charge < -0.3 is 4.90 Å². The maximum Gasteiger partial charge on any atom is 0.0462 e. The number of anilines is 3. The van der Waals surface area contributed by atoms with Crippen molar-refractivity contribution in [3.8, 4) is 55.6 Å².